The largest absolute Gasteiger partial charge is 0.297 e. The Labute approximate surface area is 136 Å². The van der Waals surface area contributed by atoms with Gasteiger partial charge in [-0.1, -0.05) is 30.7 Å². The number of hydrogen-bond donors (Lipinski definition) is 1. The van der Waals surface area contributed by atoms with Gasteiger partial charge in [0.25, 0.3) is 0 Å². The van der Waals surface area contributed by atoms with Crippen LogP contribution in [0.25, 0.3) is 11.4 Å². The zero-order valence-corrected chi connectivity index (χ0v) is 14.1. The van der Waals surface area contributed by atoms with Crippen LogP contribution in [-0.4, -0.2) is 14.8 Å². The summed E-state index contributed by atoms with van der Waals surface area (Å²) >= 11 is 5.56. The van der Waals surface area contributed by atoms with E-state index in [0.717, 1.165) is 28.3 Å². The summed E-state index contributed by atoms with van der Waals surface area (Å²) in [5, 5.41) is 7.57. The number of aryl methyl sites for hydroxylation is 1. The van der Waals surface area contributed by atoms with Crippen molar-refractivity contribution in [1.82, 2.24) is 14.8 Å². The summed E-state index contributed by atoms with van der Waals surface area (Å²) in [6, 6.07) is 8.86. The van der Waals surface area contributed by atoms with E-state index in [-0.39, 0.29) is 0 Å². The van der Waals surface area contributed by atoms with E-state index in [2.05, 4.69) is 52.9 Å². The summed E-state index contributed by atoms with van der Waals surface area (Å²) in [5.74, 6) is 3.60. The molecule has 2 aliphatic rings. The Morgan fingerprint density at radius 1 is 1.27 bits per heavy atom. The van der Waals surface area contributed by atoms with Crippen molar-refractivity contribution in [3.8, 4) is 11.4 Å². The van der Waals surface area contributed by atoms with Gasteiger partial charge in [-0.05, 0) is 68.6 Å². The molecule has 4 unspecified atom stereocenters. The minimum atomic E-state index is 0.427. The molecule has 1 N–H and O–H groups in total. The van der Waals surface area contributed by atoms with Crippen molar-refractivity contribution >= 4 is 12.2 Å². The Balaban J connectivity index is 1.75. The minimum Gasteiger partial charge on any atom is -0.297 e. The molecule has 0 saturated heterocycles. The fourth-order valence-electron chi connectivity index (χ4n) is 4.77. The summed E-state index contributed by atoms with van der Waals surface area (Å²) in [4.78, 5) is 0. The first kappa shape index (κ1) is 14.2. The van der Waals surface area contributed by atoms with Gasteiger partial charge in [-0.15, -0.1) is 0 Å². The lowest BCUT2D eigenvalue weighted by Gasteiger charge is -2.29. The Kier molecular flexibility index (Phi) is 3.44. The predicted octanol–water partition coefficient (Wildman–Crippen LogP) is 4.91. The van der Waals surface area contributed by atoms with Gasteiger partial charge in [0.05, 0.1) is 0 Å². The molecule has 0 radical (unpaired) electrons. The quantitative estimate of drug-likeness (QED) is 0.817. The number of hydrogen-bond acceptors (Lipinski definition) is 2. The predicted molar refractivity (Wildman–Crippen MR) is 91.2 cm³/mol. The monoisotopic (exact) mass is 313 g/mol. The molecule has 1 aromatic heterocycles. The van der Waals surface area contributed by atoms with Gasteiger partial charge >= 0.3 is 0 Å². The number of rotatable bonds is 3. The van der Waals surface area contributed by atoms with Crippen molar-refractivity contribution in [2.24, 2.45) is 17.8 Å². The highest BCUT2D eigenvalue weighted by Gasteiger charge is 2.42. The van der Waals surface area contributed by atoms with Crippen LogP contribution >= 0.6 is 12.2 Å². The average Bonchev–Trinajstić information content (AvgIpc) is 3.22. The van der Waals surface area contributed by atoms with E-state index in [1.54, 1.807) is 0 Å². The molecule has 116 valence electrons. The second kappa shape index (κ2) is 5.34. The Hall–Kier alpha value is -1.42. The first-order chi connectivity index (χ1) is 10.6. The van der Waals surface area contributed by atoms with E-state index >= 15 is 0 Å². The first-order valence-corrected chi connectivity index (χ1v) is 8.79. The molecule has 0 amide bonds. The van der Waals surface area contributed by atoms with E-state index in [1.165, 1.54) is 36.8 Å². The molecule has 0 aliphatic heterocycles. The molecule has 1 aromatic carbocycles. The van der Waals surface area contributed by atoms with E-state index in [1.807, 2.05) is 0 Å². The lowest BCUT2D eigenvalue weighted by atomic mass is 9.84. The molecule has 2 fully saturated rings. The molecule has 4 rings (SSSR count). The van der Waals surface area contributed by atoms with E-state index in [0.29, 0.717) is 6.04 Å². The zero-order chi connectivity index (χ0) is 15.3. The fourth-order valence-corrected chi connectivity index (χ4v) is 5.07. The van der Waals surface area contributed by atoms with Crippen LogP contribution in [0.2, 0.25) is 0 Å². The molecule has 22 heavy (non-hydrogen) atoms. The summed E-state index contributed by atoms with van der Waals surface area (Å²) < 4.78 is 3.02. The highest BCUT2D eigenvalue weighted by atomic mass is 32.1. The van der Waals surface area contributed by atoms with E-state index < -0.39 is 0 Å². The normalized spacial score (nSPS) is 28.2. The molecule has 3 nitrogen and oxygen atoms in total. The molecule has 2 aromatic rings. The van der Waals surface area contributed by atoms with Gasteiger partial charge in [0.15, 0.2) is 10.6 Å². The molecule has 4 atom stereocenters. The number of nitrogens with zero attached hydrogens (tertiary/aromatic N) is 2. The SMILES string of the molecule is Cc1ccccc1-c1n[nH]c(=S)n1C(C)C1CC2CCC1C2. The molecular formula is C18H23N3S. The average molecular weight is 313 g/mol. The number of fused-ring (bicyclic) bond motifs is 2. The third-order valence-electron chi connectivity index (χ3n) is 5.91. The highest BCUT2D eigenvalue weighted by Crippen LogP contribution is 2.52. The number of aromatic amines is 1. The minimum absolute atomic E-state index is 0.427. The molecule has 1 heterocycles. The maximum Gasteiger partial charge on any atom is 0.195 e. The Morgan fingerprint density at radius 3 is 2.77 bits per heavy atom. The Bertz CT molecular complexity index is 745. The standard InChI is InChI=1S/C18H23N3S/c1-11-5-3-4-6-15(11)17-19-20-18(22)21(17)12(2)16-10-13-7-8-14(16)9-13/h3-6,12-14,16H,7-10H2,1-2H3,(H,20,22). The maximum absolute atomic E-state index is 5.56. The number of benzene rings is 1. The van der Waals surface area contributed by atoms with Gasteiger partial charge in [0, 0.05) is 11.6 Å². The summed E-state index contributed by atoms with van der Waals surface area (Å²) in [5.41, 5.74) is 2.43. The number of aromatic nitrogens is 3. The zero-order valence-electron chi connectivity index (χ0n) is 13.2. The second-order valence-corrected chi connectivity index (χ2v) is 7.50. The van der Waals surface area contributed by atoms with Crippen molar-refractivity contribution in [2.75, 3.05) is 0 Å². The lowest BCUT2D eigenvalue weighted by Crippen LogP contribution is -2.23. The number of H-pyrrole nitrogens is 1. The lowest BCUT2D eigenvalue weighted by molar-refractivity contribution is 0.242. The molecule has 2 bridgehead atoms. The van der Waals surface area contributed by atoms with E-state index in [9.17, 15) is 0 Å². The maximum atomic E-state index is 5.56. The van der Waals surface area contributed by atoms with Gasteiger partial charge < -0.3 is 0 Å². The van der Waals surface area contributed by atoms with Crippen molar-refractivity contribution in [3.05, 3.63) is 34.6 Å². The Morgan fingerprint density at radius 2 is 2.09 bits per heavy atom. The van der Waals surface area contributed by atoms with Crippen molar-refractivity contribution in [1.29, 1.82) is 0 Å². The van der Waals surface area contributed by atoms with Crippen LogP contribution in [0, 0.1) is 29.4 Å². The number of nitrogens with one attached hydrogen (secondary N) is 1. The van der Waals surface area contributed by atoms with Gasteiger partial charge in [0.1, 0.15) is 0 Å². The van der Waals surface area contributed by atoms with Crippen LogP contribution < -0.4 is 0 Å². The molecule has 2 aliphatic carbocycles. The van der Waals surface area contributed by atoms with Crippen molar-refractivity contribution < 1.29 is 0 Å². The molecular weight excluding hydrogens is 290 g/mol. The van der Waals surface area contributed by atoms with Crippen LogP contribution in [-0.2, 0) is 0 Å². The molecule has 4 heteroatoms. The smallest absolute Gasteiger partial charge is 0.195 e. The van der Waals surface area contributed by atoms with Gasteiger partial charge in [0.2, 0.25) is 0 Å². The van der Waals surface area contributed by atoms with Gasteiger partial charge in [-0.3, -0.25) is 9.67 Å². The molecule has 0 spiro atoms. The van der Waals surface area contributed by atoms with Crippen molar-refractivity contribution in [3.63, 3.8) is 0 Å². The van der Waals surface area contributed by atoms with Crippen LogP contribution in [0.5, 0.6) is 0 Å². The summed E-state index contributed by atoms with van der Waals surface area (Å²) in [6.45, 7) is 4.47. The van der Waals surface area contributed by atoms with Gasteiger partial charge in [-0.25, -0.2) is 0 Å². The van der Waals surface area contributed by atoms with Crippen LogP contribution in [0.3, 0.4) is 0 Å². The molecule has 2 saturated carbocycles. The first-order valence-electron chi connectivity index (χ1n) is 8.38. The summed E-state index contributed by atoms with van der Waals surface area (Å²) in [7, 11) is 0. The summed E-state index contributed by atoms with van der Waals surface area (Å²) in [6.07, 6.45) is 5.64. The van der Waals surface area contributed by atoms with E-state index in [4.69, 9.17) is 12.2 Å². The van der Waals surface area contributed by atoms with Crippen molar-refractivity contribution in [2.45, 2.75) is 45.6 Å². The van der Waals surface area contributed by atoms with Gasteiger partial charge in [-0.2, -0.15) is 5.10 Å². The topological polar surface area (TPSA) is 33.6 Å². The van der Waals surface area contributed by atoms with Crippen LogP contribution in [0.4, 0.5) is 0 Å². The fraction of sp³-hybridized carbons (Fsp3) is 0.556. The highest BCUT2D eigenvalue weighted by molar-refractivity contribution is 7.71. The van der Waals surface area contributed by atoms with Crippen LogP contribution in [0.1, 0.15) is 44.2 Å². The third-order valence-corrected chi connectivity index (χ3v) is 6.20. The second-order valence-electron chi connectivity index (χ2n) is 7.12. The van der Waals surface area contributed by atoms with Crippen LogP contribution in [0.15, 0.2) is 24.3 Å². The third kappa shape index (κ3) is 2.16.